The molecule has 5 heteroatoms. The Balaban J connectivity index is 2.29. The molecular formula is C9H8BrNO3. The Kier molecular flexibility index (Phi) is 2.33. The van der Waals surface area contributed by atoms with Crippen LogP contribution in [0.2, 0.25) is 0 Å². The summed E-state index contributed by atoms with van der Waals surface area (Å²) in [6, 6.07) is 5.46. The lowest BCUT2D eigenvalue weighted by molar-refractivity contribution is -0.144. The Morgan fingerprint density at radius 2 is 2.43 bits per heavy atom. The van der Waals surface area contributed by atoms with Crippen molar-refractivity contribution in [3.8, 4) is 5.75 Å². The minimum atomic E-state index is -0.955. The van der Waals surface area contributed by atoms with Gasteiger partial charge in [0.05, 0.1) is 12.2 Å². The quantitative estimate of drug-likeness (QED) is 0.805. The van der Waals surface area contributed by atoms with Gasteiger partial charge in [0.25, 0.3) is 0 Å². The van der Waals surface area contributed by atoms with Gasteiger partial charge in [0.2, 0.25) is 6.10 Å². The van der Waals surface area contributed by atoms with E-state index in [1.54, 1.807) is 6.07 Å². The zero-order valence-electron chi connectivity index (χ0n) is 7.16. The molecule has 0 fully saturated rings. The van der Waals surface area contributed by atoms with E-state index in [0.717, 1.165) is 10.2 Å². The first-order chi connectivity index (χ1) is 6.66. The van der Waals surface area contributed by atoms with Gasteiger partial charge in [-0.2, -0.15) is 0 Å². The number of ether oxygens (including phenoxy) is 1. The maximum absolute atomic E-state index is 10.7. The van der Waals surface area contributed by atoms with Gasteiger partial charge in [0, 0.05) is 4.47 Å². The summed E-state index contributed by atoms with van der Waals surface area (Å²) in [7, 11) is 0. The molecule has 2 N–H and O–H groups in total. The van der Waals surface area contributed by atoms with Crippen molar-refractivity contribution in [1.29, 1.82) is 0 Å². The fourth-order valence-corrected chi connectivity index (χ4v) is 1.62. The van der Waals surface area contributed by atoms with Crippen LogP contribution in [0.5, 0.6) is 5.75 Å². The lowest BCUT2D eigenvalue weighted by Crippen LogP contribution is -2.37. The Morgan fingerprint density at radius 1 is 1.64 bits per heavy atom. The SMILES string of the molecule is O=C(O)[C@H]1CNc2ccc(Br)cc2O1. The molecule has 2 rings (SSSR count). The van der Waals surface area contributed by atoms with E-state index in [2.05, 4.69) is 21.2 Å². The van der Waals surface area contributed by atoms with E-state index >= 15 is 0 Å². The van der Waals surface area contributed by atoms with Gasteiger partial charge < -0.3 is 15.2 Å². The molecule has 14 heavy (non-hydrogen) atoms. The number of hydrogen-bond acceptors (Lipinski definition) is 3. The monoisotopic (exact) mass is 257 g/mol. The van der Waals surface area contributed by atoms with Crippen molar-refractivity contribution in [2.24, 2.45) is 0 Å². The first-order valence-electron chi connectivity index (χ1n) is 4.10. The van der Waals surface area contributed by atoms with E-state index in [1.807, 2.05) is 12.1 Å². The molecule has 1 heterocycles. The second-order valence-corrected chi connectivity index (χ2v) is 3.88. The fraction of sp³-hybridized carbons (Fsp3) is 0.222. The van der Waals surface area contributed by atoms with E-state index < -0.39 is 12.1 Å². The maximum Gasteiger partial charge on any atom is 0.346 e. The molecule has 1 aliphatic heterocycles. The number of hydrogen-bond donors (Lipinski definition) is 2. The summed E-state index contributed by atoms with van der Waals surface area (Å²) in [6.45, 7) is 0.296. The normalized spacial score (nSPS) is 19.1. The summed E-state index contributed by atoms with van der Waals surface area (Å²) in [4.78, 5) is 10.7. The van der Waals surface area contributed by atoms with E-state index in [9.17, 15) is 4.79 Å². The summed E-state index contributed by atoms with van der Waals surface area (Å²) in [5.41, 5.74) is 0.825. The highest BCUT2D eigenvalue weighted by molar-refractivity contribution is 9.10. The minimum Gasteiger partial charge on any atom is -0.478 e. The molecule has 1 atom stereocenters. The third kappa shape index (κ3) is 1.68. The average Bonchev–Trinajstić information content (AvgIpc) is 2.16. The topological polar surface area (TPSA) is 58.6 Å². The molecule has 0 amide bonds. The molecule has 0 spiro atoms. The third-order valence-electron chi connectivity index (χ3n) is 1.97. The van der Waals surface area contributed by atoms with Crippen LogP contribution in [0.25, 0.3) is 0 Å². The van der Waals surface area contributed by atoms with Crippen LogP contribution >= 0.6 is 15.9 Å². The van der Waals surface area contributed by atoms with Crippen molar-refractivity contribution in [2.45, 2.75) is 6.10 Å². The van der Waals surface area contributed by atoms with E-state index in [-0.39, 0.29) is 0 Å². The fourth-order valence-electron chi connectivity index (χ4n) is 1.28. The van der Waals surface area contributed by atoms with Crippen LogP contribution in [-0.4, -0.2) is 23.7 Å². The molecule has 1 aliphatic rings. The molecular weight excluding hydrogens is 250 g/mol. The van der Waals surface area contributed by atoms with E-state index in [0.29, 0.717) is 12.3 Å². The molecule has 0 saturated heterocycles. The van der Waals surface area contributed by atoms with Crippen molar-refractivity contribution in [3.63, 3.8) is 0 Å². The highest BCUT2D eigenvalue weighted by Crippen LogP contribution is 2.31. The summed E-state index contributed by atoms with van der Waals surface area (Å²) in [5, 5.41) is 11.8. The Hall–Kier alpha value is -1.23. The zero-order chi connectivity index (χ0) is 10.1. The molecule has 1 aromatic carbocycles. The van der Waals surface area contributed by atoms with Gasteiger partial charge >= 0.3 is 5.97 Å². The number of halogens is 1. The van der Waals surface area contributed by atoms with Crippen LogP contribution in [0.15, 0.2) is 22.7 Å². The Bertz CT molecular complexity index is 380. The Morgan fingerprint density at radius 3 is 3.14 bits per heavy atom. The first kappa shape index (κ1) is 9.33. The number of carboxylic acids is 1. The predicted molar refractivity (Wildman–Crippen MR) is 54.7 cm³/mol. The molecule has 74 valence electrons. The van der Waals surface area contributed by atoms with Crippen LogP contribution in [0, 0.1) is 0 Å². The third-order valence-corrected chi connectivity index (χ3v) is 2.46. The second-order valence-electron chi connectivity index (χ2n) is 2.97. The van der Waals surface area contributed by atoms with Crippen LogP contribution in [0.1, 0.15) is 0 Å². The summed E-state index contributed by atoms with van der Waals surface area (Å²) < 4.78 is 6.15. The van der Waals surface area contributed by atoms with Crippen molar-refractivity contribution in [1.82, 2.24) is 0 Å². The van der Waals surface area contributed by atoms with Crippen molar-refractivity contribution in [3.05, 3.63) is 22.7 Å². The highest BCUT2D eigenvalue weighted by Gasteiger charge is 2.25. The number of nitrogens with one attached hydrogen (secondary N) is 1. The molecule has 0 saturated carbocycles. The molecule has 0 unspecified atom stereocenters. The van der Waals surface area contributed by atoms with E-state index in [4.69, 9.17) is 9.84 Å². The molecule has 1 aromatic rings. The summed E-state index contributed by atoms with van der Waals surface area (Å²) in [6.07, 6.45) is -0.809. The van der Waals surface area contributed by atoms with Gasteiger partial charge in [-0.1, -0.05) is 15.9 Å². The van der Waals surface area contributed by atoms with Crippen molar-refractivity contribution < 1.29 is 14.6 Å². The van der Waals surface area contributed by atoms with Crippen LogP contribution < -0.4 is 10.1 Å². The number of aliphatic carboxylic acids is 1. The summed E-state index contributed by atoms with van der Waals surface area (Å²) >= 11 is 3.29. The molecule has 0 radical (unpaired) electrons. The number of anilines is 1. The van der Waals surface area contributed by atoms with Gasteiger partial charge in [-0.15, -0.1) is 0 Å². The molecule has 0 aromatic heterocycles. The van der Waals surface area contributed by atoms with Crippen molar-refractivity contribution in [2.75, 3.05) is 11.9 Å². The standard InChI is InChI=1S/C9H8BrNO3/c10-5-1-2-6-7(3-5)14-8(4-11-6)9(12)13/h1-3,8,11H,4H2,(H,12,13)/t8-/m1/s1. The van der Waals surface area contributed by atoms with Crippen LogP contribution in [0.3, 0.4) is 0 Å². The number of benzene rings is 1. The number of carbonyl (C=O) groups is 1. The minimum absolute atomic E-state index is 0.296. The number of carboxylic acid groups (broad SMARTS) is 1. The zero-order valence-corrected chi connectivity index (χ0v) is 8.74. The van der Waals surface area contributed by atoms with Crippen LogP contribution in [0.4, 0.5) is 5.69 Å². The molecule has 0 aliphatic carbocycles. The smallest absolute Gasteiger partial charge is 0.346 e. The van der Waals surface area contributed by atoms with Gasteiger partial charge in [-0.25, -0.2) is 4.79 Å². The first-order valence-corrected chi connectivity index (χ1v) is 4.89. The van der Waals surface area contributed by atoms with Crippen LogP contribution in [-0.2, 0) is 4.79 Å². The average molecular weight is 258 g/mol. The van der Waals surface area contributed by atoms with Gasteiger partial charge in [-0.3, -0.25) is 0 Å². The Labute approximate surface area is 89.0 Å². The highest BCUT2D eigenvalue weighted by atomic mass is 79.9. The van der Waals surface area contributed by atoms with Crippen molar-refractivity contribution >= 4 is 27.6 Å². The summed E-state index contributed by atoms with van der Waals surface area (Å²) in [5.74, 6) is -0.388. The van der Waals surface area contributed by atoms with Gasteiger partial charge in [0.1, 0.15) is 5.75 Å². The van der Waals surface area contributed by atoms with Gasteiger partial charge in [0.15, 0.2) is 0 Å². The van der Waals surface area contributed by atoms with E-state index in [1.165, 1.54) is 0 Å². The van der Waals surface area contributed by atoms with Gasteiger partial charge in [-0.05, 0) is 18.2 Å². The largest absolute Gasteiger partial charge is 0.478 e. The lowest BCUT2D eigenvalue weighted by atomic mass is 10.2. The number of rotatable bonds is 1. The predicted octanol–water partition coefficient (Wildman–Crippen LogP) is 1.71. The second kappa shape index (κ2) is 3.49. The maximum atomic E-state index is 10.7. The molecule has 4 nitrogen and oxygen atoms in total. The number of fused-ring (bicyclic) bond motifs is 1. The molecule has 0 bridgehead atoms. The lowest BCUT2D eigenvalue weighted by Gasteiger charge is -2.24.